The number of phenolic OH excluding ortho intramolecular Hbond substituents is 2. The summed E-state index contributed by atoms with van der Waals surface area (Å²) in [7, 11) is 0. The number of hydrogen-bond acceptors (Lipinski definition) is 3. The molecule has 1 aliphatic rings. The standard InChI is InChI=1S/C30H40O3/c1-8-11-14-21(9-2)25-18-26-23(15-12-13-19(4)5)28(31)24(17-16-20(6)7)30(33)27(26)29(32)22(25)10-3/h8,10-11,13,16,31,33H,9,12,14-15,17-18H2,1-7H3/b11-8-,22-10+,25-21+. The highest BCUT2D eigenvalue weighted by Crippen LogP contribution is 2.45. The van der Waals surface area contributed by atoms with Crippen molar-refractivity contribution in [3.63, 3.8) is 0 Å². The molecule has 1 aliphatic carbocycles. The molecule has 0 aromatic heterocycles. The van der Waals surface area contributed by atoms with Gasteiger partial charge in [0.15, 0.2) is 5.78 Å². The molecular weight excluding hydrogens is 408 g/mol. The number of carbonyl (C=O) groups excluding carboxylic acids is 1. The van der Waals surface area contributed by atoms with Crippen molar-refractivity contribution >= 4 is 5.78 Å². The molecule has 0 heterocycles. The number of benzene rings is 1. The van der Waals surface area contributed by atoms with E-state index in [0.29, 0.717) is 36.0 Å². The second-order valence-electron chi connectivity index (χ2n) is 9.23. The van der Waals surface area contributed by atoms with E-state index in [9.17, 15) is 15.0 Å². The highest BCUT2D eigenvalue weighted by Gasteiger charge is 2.34. The molecule has 3 nitrogen and oxygen atoms in total. The first-order valence-electron chi connectivity index (χ1n) is 12.1. The summed E-state index contributed by atoms with van der Waals surface area (Å²) in [5.74, 6) is -0.0751. The smallest absolute Gasteiger partial charge is 0.197 e. The molecule has 2 rings (SSSR count). The highest BCUT2D eigenvalue weighted by molar-refractivity contribution is 6.16. The third-order valence-corrected chi connectivity index (χ3v) is 6.31. The Morgan fingerprint density at radius 2 is 1.64 bits per heavy atom. The summed E-state index contributed by atoms with van der Waals surface area (Å²) >= 11 is 0. The Labute approximate surface area is 199 Å². The summed E-state index contributed by atoms with van der Waals surface area (Å²) in [4.78, 5) is 13.7. The van der Waals surface area contributed by atoms with Gasteiger partial charge >= 0.3 is 0 Å². The molecule has 1 aromatic carbocycles. The van der Waals surface area contributed by atoms with Gasteiger partial charge in [0.2, 0.25) is 0 Å². The fraction of sp³-hybridized carbons (Fsp3) is 0.433. The van der Waals surface area contributed by atoms with Crippen LogP contribution in [0.25, 0.3) is 0 Å². The van der Waals surface area contributed by atoms with Crippen molar-refractivity contribution in [2.75, 3.05) is 0 Å². The lowest BCUT2D eigenvalue weighted by Crippen LogP contribution is -2.21. The number of hydrogen-bond donors (Lipinski definition) is 2. The molecule has 0 atom stereocenters. The van der Waals surface area contributed by atoms with Crippen molar-refractivity contribution in [1.82, 2.24) is 0 Å². The largest absolute Gasteiger partial charge is 0.507 e. The second-order valence-corrected chi connectivity index (χ2v) is 9.23. The third kappa shape index (κ3) is 5.96. The van der Waals surface area contributed by atoms with Crippen LogP contribution in [0.5, 0.6) is 11.5 Å². The Hall–Kier alpha value is -2.81. The molecule has 0 fully saturated rings. The van der Waals surface area contributed by atoms with Gasteiger partial charge in [-0.05, 0) is 96.8 Å². The Kier molecular flexibility index (Phi) is 9.52. The van der Waals surface area contributed by atoms with Crippen molar-refractivity contribution in [2.45, 2.75) is 87.0 Å². The molecule has 1 aromatic rings. The summed E-state index contributed by atoms with van der Waals surface area (Å²) in [6.45, 7) is 14.1. The van der Waals surface area contributed by atoms with Crippen LogP contribution in [0.2, 0.25) is 0 Å². The fourth-order valence-corrected chi connectivity index (χ4v) is 4.50. The van der Waals surface area contributed by atoms with Crippen LogP contribution in [0.1, 0.15) is 94.8 Å². The first-order valence-corrected chi connectivity index (χ1v) is 12.1. The van der Waals surface area contributed by atoms with E-state index < -0.39 is 0 Å². The van der Waals surface area contributed by atoms with E-state index in [-0.39, 0.29) is 17.3 Å². The van der Waals surface area contributed by atoms with Crippen LogP contribution in [-0.4, -0.2) is 16.0 Å². The number of aromatic hydroxyl groups is 2. The van der Waals surface area contributed by atoms with Crippen LogP contribution in [0, 0.1) is 0 Å². The number of fused-ring (bicyclic) bond motifs is 1. The lowest BCUT2D eigenvalue weighted by Gasteiger charge is -2.28. The maximum absolute atomic E-state index is 13.7. The lowest BCUT2D eigenvalue weighted by atomic mass is 9.75. The molecular formula is C30H40O3. The zero-order chi connectivity index (χ0) is 24.7. The van der Waals surface area contributed by atoms with E-state index in [2.05, 4.69) is 32.9 Å². The van der Waals surface area contributed by atoms with E-state index in [1.54, 1.807) is 0 Å². The molecule has 0 saturated heterocycles. The predicted molar refractivity (Wildman–Crippen MR) is 139 cm³/mol. The van der Waals surface area contributed by atoms with Crippen molar-refractivity contribution in [1.29, 1.82) is 0 Å². The number of carbonyl (C=O) groups is 1. The Balaban J connectivity index is 2.83. The predicted octanol–water partition coefficient (Wildman–Crippen LogP) is 7.86. The normalized spacial score (nSPS) is 16.2. The molecule has 33 heavy (non-hydrogen) atoms. The SMILES string of the molecule is C/C=C\C/C(CC)=C1\Cc2c(CCC=C(C)C)c(O)c(CC=C(C)C)c(O)c2C(=O)\C1=C\C. The van der Waals surface area contributed by atoms with Crippen molar-refractivity contribution in [3.8, 4) is 11.5 Å². The number of phenols is 2. The summed E-state index contributed by atoms with van der Waals surface area (Å²) in [6, 6.07) is 0. The fourth-order valence-electron chi connectivity index (χ4n) is 4.50. The van der Waals surface area contributed by atoms with E-state index in [1.807, 2.05) is 45.9 Å². The van der Waals surface area contributed by atoms with Crippen molar-refractivity contribution in [3.05, 3.63) is 80.5 Å². The topological polar surface area (TPSA) is 57.5 Å². The van der Waals surface area contributed by atoms with Gasteiger partial charge in [0, 0.05) is 11.1 Å². The average Bonchev–Trinajstić information content (AvgIpc) is 2.75. The molecule has 0 bridgehead atoms. The maximum Gasteiger partial charge on any atom is 0.197 e. The van der Waals surface area contributed by atoms with E-state index in [4.69, 9.17) is 0 Å². The van der Waals surface area contributed by atoms with Crippen LogP contribution >= 0.6 is 0 Å². The molecule has 0 saturated carbocycles. The van der Waals surface area contributed by atoms with Crippen molar-refractivity contribution in [2.24, 2.45) is 0 Å². The van der Waals surface area contributed by atoms with Gasteiger partial charge in [-0.1, -0.05) is 54.0 Å². The second kappa shape index (κ2) is 11.9. The van der Waals surface area contributed by atoms with Gasteiger partial charge < -0.3 is 10.2 Å². The van der Waals surface area contributed by atoms with Crippen LogP contribution in [0.4, 0.5) is 0 Å². The van der Waals surface area contributed by atoms with Crippen LogP contribution < -0.4 is 0 Å². The Morgan fingerprint density at radius 3 is 2.18 bits per heavy atom. The molecule has 3 heteroatoms. The summed E-state index contributed by atoms with van der Waals surface area (Å²) in [6.07, 6.45) is 14.1. The molecule has 0 amide bonds. The minimum atomic E-state index is -0.139. The molecule has 2 N–H and O–H groups in total. The van der Waals surface area contributed by atoms with Gasteiger partial charge in [-0.2, -0.15) is 0 Å². The summed E-state index contributed by atoms with van der Waals surface area (Å²) in [5, 5.41) is 22.5. The quantitative estimate of drug-likeness (QED) is 0.314. The molecule has 0 radical (unpaired) electrons. The highest BCUT2D eigenvalue weighted by atomic mass is 16.3. The Bertz CT molecular complexity index is 1050. The van der Waals surface area contributed by atoms with Crippen LogP contribution in [0.15, 0.2) is 58.2 Å². The Morgan fingerprint density at radius 1 is 0.970 bits per heavy atom. The number of allylic oxidation sites excluding steroid dienone is 10. The minimum Gasteiger partial charge on any atom is -0.507 e. The van der Waals surface area contributed by atoms with Crippen molar-refractivity contribution < 1.29 is 15.0 Å². The monoisotopic (exact) mass is 448 g/mol. The third-order valence-electron chi connectivity index (χ3n) is 6.31. The van der Waals surface area contributed by atoms with Gasteiger partial charge in [0.05, 0.1) is 5.56 Å². The zero-order valence-electron chi connectivity index (χ0n) is 21.4. The number of ketones is 1. The lowest BCUT2D eigenvalue weighted by molar-refractivity contribution is 0.102. The van der Waals surface area contributed by atoms with Gasteiger partial charge in [0.25, 0.3) is 0 Å². The van der Waals surface area contributed by atoms with Gasteiger partial charge in [0.1, 0.15) is 11.5 Å². The zero-order valence-corrected chi connectivity index (χ0v) is 21.4. The molecule has 178 valence electrons. The van der Waals surface area contributed by atoms with Crippen LogP contribution in [0.3, 0.4) is 0 Å². The number of Topliss-reactive ketones (excluding diaryl/α,β-unsaturated/α-hetero) is 1. The summed E-state index contributed by atoms with van der Waals surface area (Å²) < 4.78 is 0. The first kappa shape index (κ1) is 26.4. The molecule has 0 unspecified atom stereocenters. The number of rotatable bonds is 8. The van der Waals surface area contributed by atoms with Gasteiger partial charge in [-0.3, -0.25) is 4.79 Å². The first-order chi connectivity index (χ1) is 15.7. The van der Waals surface area contributed by atoms with Gasteiger partial charge in [-0.15, -0.1) is 0 Å². The van der Waals surface area contributed by atoms with Gasteiger partial charge in [-0.25, -0.2) is 0 Å². The van der Waals surface area contributed by atoms with E-state index in [1.165, 1.54) is 11.1 Å². The summed E-state index contributed by atoms with van der Waals surface area (Å²) in [5.41, 5.74) is 7.65. The van der Waals surface area contributed by atoms with E-state index in [0.717, 1.165) is 41.5 Å². The minimum absolute atomic E-state index is 0.0686. The van der Waals surface area contributed by atoms with E-state index >= 15 is 0 Å². The average molecular weight is 449 g/mol. The maximum atomic E-state index is 13.7. The molecule has 0 spiro atoms. The molecule has 0 aliphatic heterocycles. The van der Waals surface area contributed by atoms with Crippen LogP contribution in [-0.2, 0) is 19.3 Å².